The Morgan fingerprint density at radius 3 is 2.41 bits per heavy atom. The molecular formula is C29H28ClN3O4. The Hall–Kier alpha value is -3.97. The van der Waals surface area contributed by atoms with Crippen LogP contribution in [0.4, 0.5) is 0 Å². The van der Waals surface area contributed by atoms with Crippen LogP contribution in [0.3, 0.4) is 0 Å². The van der Waals surface area contributed by atoms with Gasteiger partial charge in [-0.15, -0.1) is 0 Å². The minimum absolute atomic E-state index is 0.117. The predicted molar refractivity (Wildman–Crippen MR) is 143 cm³/mol. The molecule has 0 aliphatic carbocycles. The molecule has 4 aromatic rings. The smallest absolute Gasteiger partial charge is 0.273 e. The zero-order valence-corrected chi connectivity index (χ0v) is 21.7. The lowest BCUT2D eigenvalue weighted by atomic mass is 9.95. The second-order valence-corrected chi connectivity index (χ2v) is 9.25. The number of fused-ring (bicyclic) bond motifs is 1. The molecule has 2 heterocycles. The van der Waals surface area contributed by atoms with Crippen molar-refractivity contribution in [3.05, 3.63) is 94.1 Å². The van der Waals surface area contributed by atoms with Crippen molar-refractivity contribution in [3.63, 3.8) is 0 Å². The molecule has 37 heavy (non-hydrogen) atoms. The number of aromatic nitrogens is 2. The number of carbonyl (C=O) groups is 1. The Balaban J connectivity index is 1.61. The number of ether oxygens (including phenoxy) is 3. The summed E-state index contributed by atoms with van der Waals surface area (Å²) >= 11 is 6.13. The molecule has 3 aromatic carbocycles. The molecule has 1 N–H and O–H groups in total. The summed E-state index contributed by atoms with van der Waals surface area (Å²) in [6.07, 6.45) is 0.889. The number of carbonyl (C=O) groups excluding carboxylic acids is 1. The van der Waals surface area contributed by atoms with Crippen molar-refractivity contribution in [1.82, 2.24) is 15.1 Å². The lowest BCUT2D eigenvalue weighted by molar-refractivity contribution is 0.0730. The summed E-state index contributed by atoms with van der Waals surface area (Å²) in [5.74, 6) is 1.94. The van der Waals surface area contributed by atoms with Crippen molar-refractivity contribution >= 4 is 17.5 Å². The average Bonchev–Trinajstić information content (AvgIpc) is 3.47. The van der Waals surface area contributed by atoms with E-state index in [-0.39, 0.29) is 11.9 Å². The largest absolute Gasteiger partial charge is 0.497 e. The maximum atomic E-state index is 13.7. The molecule has 1 aliphatic heterocycles. The van der Waals surface area contributed by atoms with Gasteiger partial charge in [0.1, 0.15) is 11.4 Å². The number of amides is 1. The quantitative estimate of drug-likeness (QED) is 0.282. The minimum Gasteiger partial charge on any atom is -0.497 e. The fraction of sp³-hybridized carbons (Fsp3) is 0.241. The summed E-state index contributed by atoms with van der Waals surface area (Å²) in [7, 11) is 3.25. The third kappa shape index (κ3) is 4.74. The number of H-pyrrole nitrogens is 1. The maximum absolute atomic E-state index is 13.7. The number of halogens is 1. The molecule has 5 rings (SSSR count). The standard InChI is InChI=1S/C29H28ClN3O4/c1-4-15-37-23-14-9-20(16-24(23)36-3)28-25-26(19-7-10-21(30)11-8-19)31-32-27(25)29(34)33(28)17-18-5-12-22(35-2)13-6-18/h5-14,16,28H,4,15,17H2,1-3H3,(H,31,32). The first-order valence-electron chi connectivity index (χ1n) is 12.1. The second kappa shape index (κ2) is 10.6. The molecule has 1 aliphatic rings. The third-order valence-corrected chi connectivity index (χ3v) is 6.71. The molecule has 0 bridgehead atoms. The number of aromatic amines is 1. The molecule has 0 saturated heterocycles. The van der Waals surface area contributed by atoms with Crippen molar-refractivity contribution < 1.29 is 19.0 Å². The maximum Gasteiger partial charge on any atom is 0.273 e. The van der Waals surface area contributed by atoms with Gasteiger partial charge in [-0.25, -0.2) is 0 Å². The summed E-state index contributed by atoms with van der Waals surface area (Å²) in [5, 5.41) is 8.18. The van der Waals surface area contributed by atoms with E-state index < -0.39 is 0 Å². The van der Waals surface area contributed by atoms with Crippen LogP contribution in [0.5, 0.6) is 17.2 Å². The van der Waals surface area contributed by atoms with Crippen LogP contribution < -0.4 is 14.2 Å². The monoisotopic (exact) mass is 517 g/mol. The van der Waals surface area contributed by atoms with E-state index in [1.807, 2.05) is 71.6 Å². The van der Waals surface area contributed by atoms with Gasteiger partial charge in [0.15, 0.2) is 11.5 Å². The molecule has 190 valence electrons. The van der Waals surface area contributed by atoms with Gasteiger partial charge in [0.25, 0.3) is 5.91 Å². The lowest BCUT2D eigenvalue weighted by Gasteiger charge is -2.27. The van der Waals surface area contributed by atoms with E-state index in [4.69, 9.17) is 25.8 Å². The molecule has 0 spiro atoms. The molecular weight excluding hydrogens is 490 g/mol. The van der Waals surface area contributed by atoms with Crippen LogP contribution in [-0.4, -0.2) is 41.8 Å². The van der Waals surface area contributed by atoms with Crippen LogP contribution >= 0.6 is 11.6 Å². The zero-order chi connectivity index (χ0) is 25.9. The fourth-order valence-corrected chi connectivity index (χ4v) is 4.77. The minimum atomic E-state index is -0.386. The van der Waals surface area contributed by atoms with E-state index in [9.17, 15) is 4.79 Å². The van der Waals surface area contributed by atoms with Gasteiger partial charge in [-0.3, -0.25) is 9.89 Å². The topological polar surface area (TPSA) is 76.7 Å². The highest BCUT2D eigenvalue weighted by molar-refractivity contribution is 6.30. The van der Waals surface area contributed by atoms with Gasteiger partial charge in [0, 0.05) is 22.7 Å². The van der Waals surface area contributed by atoms with E-state index in [1.54, 1.807) is 14.2 Å². The van der Waals surface area contributed by atoms with Gasteiger partial charge in [-0.1, -0.05) is 48.9 Å². The van der Waals surface area contributed by atoms with Crippen LogP contribution in [0.1, 0.15) is 46.6 Å². The van der Waals surface area contributed by atoms with Crippen molar-refractivity contribution in [1.29, 1.82) is 0 Å². The Morgan fingerprint density at radius 1 is 0.973 bits per heavy atom. The van der Waals surface area contributed by atoms with Gasteiger partial charge in [-0.05, 0) is 53.9 Å². The summed E-state index contributed by atoms with van der Waals surface area (Å²) < 4.78 is 16.8. The zero-order valence-electron chi connectivity index (χ0n) is 21.0. The van der Waals surface area contributed by atoms with Gasteiger partial charge in [0.2, 0.25) is 0 Å². The Morgan fingerprint density at radius 2 is 1.73 bits per heavy atom. The van der Waals surface area contributed by atoms with Crippen LogP contribution in [0.2, 0.25) is 5.02 Å². The molecule has 1 amide bonds. The number of methoxy groups -OCH3 is 2. The van der Waals surface area contributed by atoms with E-state index in [2.05, 4.69) is 17.1 Å². The number of hydrogen-bond donors (Lipinski definition) is 1. The molecule has 8 heteroatoms. The first kappa shape index (κ1) is 24.7. The summed E-state index contributed by atoms with van der Waals surface area (Å²) in [5.41, 5.74) is 4.78. The molecule has 7 nitrogen and oxygen atoms in total. The number of benzene rings is 3. The van der Waals surface area contributed by atoms with Crippen LogP contribution in [0.15, 0.2) is 66.7 Å². The summed E-state index contributed by atoms with van der Waals surface area (Å²) in [6.45, 7) is 3.06. The second-order valence-electron chi connectivity index (χ2n) is 8.81. The van der Waals surface area contributed by atoms with Crippen molar-refractivity contribution in [2.75, 3.05) is 20.8 Å². The van der Waals surface area contributed by atoms with Gasteiger partial charge in [-0.2, -0.15) is 5.10 Å². The molecule has 1 atom stereocenters. The van der Waals surface area contributed by atoms with Crippen LogP contribution in [0.25, 0.3) is 11.3 Å². The van der Waals surface area contributed by atoms with Crippen molar-refractivity contribution in [2.45, 2.75) is 25.9 Å². The third-order valence-electron chi connectivity index (χ3n) is 6.46. The fourth-order valence-electron chi connectivity index (χ4n) is 4.65. The molecule has 0 radical (unpaired) electrons. The normalized spacial score (nSPS) is 14.5. The number of hydrogen-bond acceptors (Lipinski definition) is 5. The molecule has 0 saturated carbocycles. The van der Waals surface area contributed by atoms with E-state index >= 15 is 0 Å². The number of rotatable bonds is 9. The van der Waals surface area contributed by atoms with E-state index in [1.165, 1.54) is 0 Å². The SMILES string of the molecule is CCCOc1ccc(C2c3c(-c4ccc(Cl)cc4)n[nH]c3C(=O)N2Cc2ccc(OC)cc2)cc1OC. The molecule has 1 unspecified atom stereocenters. The van der Waals surface area contributed by atoms with E-state index in [0.29, 0.717) is 41.1 Å². The predicted octanol–water partition coefficient (Wildman–Crippen LogP) is 6.28. The van der Waals surface area contributed by atoms with Crippen molar-refractivity contribution in [2.24, 2.45) is 0 Å². The highest BCUT2D eigenvalue weighted by Gasteiger charge is 2.42. The summed E-state index contributed by atoms with van der Waals surface area (Å²) in [4.78, 5) is 15.6. The van der Waals surface area contributed by atoms with Gasteiger partial charge < -0.3 is 19.1 Å². The average molecular weight is 518 g/mol. The number of nitrogens with one attached hydrogen (secondary N) is 1. The Labute approximate surface area is 220 Å². The number of nitrogens with zero attached hydrogens (tertiary/aromatic N) is 2. The summed E-state index contributed by atoms with van der Waals surface area (Å²) in [6, 6.07) is 20.6. The Bertz CT molecular complexity index is 1400. The van der Waals surface area contributed by atoms with E-state index in [0.717, 1.165) is 34.4 Å². The molecule has 0 fully saturated rings. The first-order valence-corrected chi connectivity index (χ1v) is 12.5. The lowest BCUT2D eigenvalue weighted by Crippen LogP contribution is -2.29. The van der Waals surface area contributed by atoms with Crippen LogP contribution in [0, 0.1) is 0 Å². The van der Waals surface area contributed by atoms with Gasteiger partial charge in [0.05, 0.1) is 32.6 Å². The molecule has 1 aromatic heterocycles. The van der Waals surface area contributed by atoms with Crippen molar-refractivity contribution in [3.8, 4) is 28.5 Å². The highest BCUT2D eigenvalue weighted by atomic mass is 35.5. The van der Waals surface area contributed by atoms with Gasteiger partial charge >= 0.3 is 0 Å². The highest BCUT2D eigenvalue weighted by Crippen LogP contribution is 2.45. The van der Waals surface area contributed by atoms with Crippen LogP contribution in [-0.2, 0) is 6.54 Å². The first-order chi connectivity index (χ1) is 18.0. The Kier molecular flexibility index (Phi) is 7.06.